The van der Waals surface area contributed by atoms with E-state index in [1.807, 2.05) is 18.3 Å². The minimum absolute atomic E-state index is 0. The van der Waals surface area contributed by atoms with Gasteiger partial charge in [0.15, 0.2) is 0 Å². The molecule has 1 aliphatic carbocycles. The molecule has 3 aromatic carbocycles. The number of ketones is 1. The van der Waals surface area contributed by atoms with Gasteiger partial charge in [-0.3, -0.25) is 4.79 Å². The third-order valence-corrected chi connectivity index (χ3v) is 5.41. The van der Waals surface area contributed by atoms with Gasteiger partial charge in [-0.05, 0) is 45.6 Å². The molecule has 4 aromatic rings. The van der Waals surface area contributed by atoms with Crippen molar-refractivity contribution in [2.75, 3.05) is 0 Å². The van der Waals surface area contributed by atoms with E-state index in [1.165, 1.54) is 52.6 Å². The summed E-state index contributed by atoms with van der Waals surface area (Å²) in [7, 11) is 0. The van der Waals surface area contributed by atoms with Gasteiger partial charge in [-0.1, -0.05) is 43.5 Å². The van der Waals surface area contributed by atoms with Gasteiger partial charge in [0, 0.05) is 26.3 Å². The fraction of sp³-hybridized carbons (Fsp3) is 0.200. The summed E-state index contributed by atoms with van der Waals surface area (Å²) in [6.45, 7) is 7.63. The molecule has 1 heterocycles. The third-order valence-electron chi connectivity index (χ3n) is 5.41. The van der Waals surface area contributed by atoms with E-state index in [1.54, 1.807) is 0 Å². The molecule has 1 radical (unpaired) electrons. The molecule has 0 saturated carbocycles. The van der Waals surface area contributed by atoms with Crippen molar-refractivity contribution in [2.24, 2.45) is 0 Å². The average Bonchev–Trinajstić information content (AvgIpc) is 2.89. The van der Waals surface area contributed by atoms with Gasteiger partial charge < -0.3 is 10.1 Å². The molecular formula is C25H23IrNO2. The molecule has 1 aromatic heterocycles. The summed E-state index contributed by atoms with van der Waals surface area (Å²) < 4.78 is 0. The molecule has 4 heteroatoms. The maximum Gasteiger partial charge on any atom is 0.316 e. The first-order valence-corrected chi connectivity index (χ1v) is 9.37. The molecule has 5 rings (SSSR count). The van der Waals surface area contributed by atoms with Crippen molar-refractivity contribution in [1.29, 1.82) is 0 Å². The van der Waals surface area contributed by atoms with Crippen molar-refractivity contribution in [3.05, 3.63) is 77.7 Å². The van der Waals surface area contributed by atoms with Crippen molar-refractivity contribution in [2.45, 2.75) is 33.1 Å². The van der Waals surface area contributed by atoms with Gasteiger partial charge in [-0.25, -0.2) is 0 Å². The van der Waals surface area contributed by atoms with Gasteiger partial charge in [0.25, 0.3) is 0 Å². The van der Waals surface area contributed by atoms with Gasteiger partial charge in [-0.15, -0.1) is 29.1 Å². The fourth-order valence-electron chi connectivity index (χ4n) is 4.30. The van der Waals surface area contributed by atoms with Crippen molar-refractivity contribution in [3.63, 3.8) is 0 Å². The molecule has 0 amide bonds. The van der Waals surface area contributed by atoms with Crippen LogP contribution in [-0.4, -0.2) is 20.7 Å². The van der Waals surface area contributed by atoms with Crippen molar-refractivity contribution in [3.8, 4) is 0 Å². The summed E-state index contributed by atoms with van der Waals surface area (Å²) in [4.78, 5) is 13.0. The predicted octanol–water partition coefficient (Wildman–Crippen LogP) is 5.99. The normalized spacial score (nSPS) is 14.0. The van der Waals surface area contributed by atoms with Crippen molar-refractivity contribution >= 4 is 38.2 Å². The third kappa shape index (κ3) is 3.37. The van der Waals surface area contributed by atoms with Crippen LogP contribution in [0.25, 0.3) is 32.4 Å². The van der Waals surface area contributed by atoms with Gasteiger partial charge in [0.2, 0.25) is 0 Å². The minimum Gasteiger partial charge on any atom is -0.512 e. The van der Waals surface area contributed by atoms with Crippen LogP contribution >= 0.6 is 0 Å². The van der Waals surface area contributed by atoms with Gasteiger partial charge in [-0.2, -0.15) is 0 Å². The van der Waals surface area contributed by atoms with Crippen LogP contribution in [0.4, 0.5) is 0 Å². The van der Waals surface area contributed by atoms with E-state index >= 15 is 0 Å². The van der Waals surface area contributed by atoms with E-state index in [0.717, 1.165) is 10.9 Å². The Morgan fingerprint density at radius 1 is 1.03 bits per heavy atom. The zero-order valence-electron chi connectivity index (χ0n) is 16.9. The van der Waals surface area contributed by atoms with Gasteiger partial charge in [0.1, 0.15) is 0 Å². The number of hydrogen-bond donors (Lipinski definition) is 1. The topological polar surface area (TPSA) is 54.5 Å². The quantitative estimate of drug-likeness (QED) is 0.102. The SMILES string of the molecule is CC(=[OH+])/C=C(/C)O.CC1(C)c2cc[c-]c3c4ncccc4c4cccc1c4c23.[Ir]. The number of pyridine rings is 1. The minimum atomic E-state index is 0. The summed E-state index contributed by atoms with van der Waals surface area (Å²) in [6, 6.07) is 18.6. The number of carbonyl (C=O) groups excluding carboxylic acids is 1. The monoisotopic (exact) mass is 562 g/mol. The summed E-state index contributed by atoms with van der Waals surface area (Å²) >= 11 is 0. The Labute approximate surface area is 183 Å². The Morgan fingerprint density at radius 2 is 1.72 bits per heavy atom. The van der Waals surface area contributed by atoms with Gasteiger partial charge >= 0.3 is 5.78 Å². The van der Waals surface area contributed by atoms with Crippen LogP contribution in [-0.2, 0) is 25.5 Å². The zero-order chi connectivity index (χ0) is 20.1. The maximum atomic E-state index is 8.40. The second kappa shape index (κ2) is 7.70. The van der Waals surface area contributed by atoms with E-state index < -0.39 is 0 Å². The largest absolute Gasteiger partial charge is 0.512 e. The number of hydrogen-bond acceptors (Lipinski definition) is 2. The Bertz CT molecular complexity index is 1200. The number of aromatic nitrogens is 1. The number of benzene rings is 3. The molecule has 0 fully saturated rings. The van der Waals surface area contributed by atoms with Crippen molar-refractivity contribution < 1.29 is 30.0 Å². The van der Waals surface area contributed by atoms with E-state index in [-0.39, 0.29) is 37.1 Å². The summed E-state index contributed by atoms with van der Waals surface area (Å²) in [5.74, 6) is 0.250. The van der Waals surface area contributed by atoms with Crippen LogP contribution in [0.5, 0.6) is 0 Å². The number of aliphatic hydroxyl groups is 1. The number of aliphatic hydroxyl groups excluding tert-OH is 1. The first-order valence-electron chi connectivity index (χ1n) is 9.37. The van der Waals surface area contributed by atoms with E-state index in [4.69, 9.17) is 9.90 Å². The molecule has 1 aliphatic rings. The Kier molecular flexibility index (Phi) is 5.62. The van der Waals surface area contributed by atoms with Crippen LogP contribution in [0.3, 0.4) is 0 Å². The Morgan fingerprint density at radius 3 is 2.38 bits per heavy atom. The van der Waals surface area contributed by atoms with E-state index in [0.29, 0.717) is 0 Å². The van der Waals surface area contributed by atoms with Crippen LogP contribution in [0.15, 0.2) is 60.5 Å². The second-order valence-corrected chi connectivity index (χ2v) is 7.82. The smallest absolute Gasteiger partial charge is 0.316 e. The average molecular weight is 562 g/mol. The molecular weight excluding hydrogens is 538 g/mol. The molecule has 149 valence electrons. The number of allylic oxidation sites excluding steroid dienone is 2. The van der Waals surface area contributed by atoms with Crippen molar-refractivity contribution in [1.82, 2.24) is 4.98 Å². The van der Waals surface area contributed by atoms with Crippen LogP contribution in [0.1, 0.15) is 38.8 Å². The Hall–Kier alpha value is -2.55. The standard InChI is InChI=1S/C20H14N.C5H8O2.Ir/c1-20(2)15-9-3-6-12-13-8-5-11-21-19(13)14-7-4-10-16(20)18(14)17(12)15;1-4(6)3-5(2)7;/h3-6,8-11H,1-2H3;3,6H,1-2H3;/q-1;;/p+1/b;4-3-;. The maximum absolute atomic E-state index is 8.40. The zero-order valence-corrected chi connectivity index (χ0v) is 19.3. The molecule has 2 N–H and O–H groups in total. The Balaban J connectivity index is 0.000000263. The number of rotatable bonds is 1. The molecule has 0 aliphatic heterocycles. The molecule has 3 nitrogen and oxygen atoms in total. The molecule has 0 atom stereocenters. The second-order valence-electron chi connectivity index (χ2n) is 7.82. The number of fused-ring (bicyclic) bond motifs is 3. The van der Waals surface area contributed by atoms with Gasteiger partial charge in [0.05, 0.1) is 18.8 Å². The fourth-order valence-corrected chi connectivity index (χ4v) is 4.30. The first-order chi connectivity index (χ1) is 13.3. The molecule has 29 heavy (non-hydrogen) atoms. The first kappa shape index (κ1) is 21.2. The van der Waals surface area contributed by atoms with Crippen LogP contribution in [0.2, 0.25) is 0 Å². The predicted molar refractivity (Wildman–Crippen MR) is 117 cm³/mol. The molecule has 0 bridgehead atoms. The van der Waals surface area contributed by atoms with Crippen LogP contribution in [0, 0.1) is 6.07 Å². The van der Waals surface area contributed by atoms with E-state index in [2.05, 4.69) is 55.2 Å². The number of nitrogens with zero attached hydrogens (tertiary/aromatic N) is 1. The van der Waals surface area contributed by atoms with E-state index in [9.17, 15) is 0 Å². The van der Waals surface area contributed by atoms with Crippen LogP contribution < -0.4 is 0 Å². The molecule has 0 saturated heterocycles. The molecule has 0 spiro atoms. The summed E-state index contributed by atoms with van der Waals surface area (Å²) in [5, 5.41) is 14.8. The molecule has 0 unspecified atom stereocenters. The summed E-state index contributed by atoms with van der Waals surface area (Å²) in [5.41, 5.74) is 3.93. The summed E-state index contributed by atoms with van der Waals surface area (Å²) in [6.07, 6.45) is 3.15.